The second-order valence-electron chi connectivity index (χ2n) is 7.00. The van der Waals surface area contributed by atoms with Gasteiger partial charge in [0, 0.05) is 38.6 Å². The molecular weight excluding hydrogens is 469 g/mol. The number of rotatable bonds is 5. The van der Waals surface area contributed by atoms with Gasteiger partial charge in [-0.25, -0.2) is 9.97 Å². The lowest BCUT2D eigenvalue weighted by molar-refractivity contribution is 0.220. The minimum atomic E-state index is 0. The van der Waals surface area contributed by atoms with Crippen LogP contribution in [0.4, 0.5) is 5.95 Å². The summed E-state index contributed by atoms with van der Waals surface area (Å²) in [7, 11) is 0. The first-order chi connectivity index (χ1) is 13.3. The van der Waals surface area contributed by atoms with Gasteiger partial charge in [-0.3, -0.25) is 9.89 Å². The summed E-state index contributed by atoms with van der Waals surface area (Å²) in [5.74, 6) is 2.36. The molecule has 0 aliphatic carbocycles. The Hall–Kier alpha value is -1.88. The molecule has 4 heterocycles. The molecule has 0 saturated carbocycles. The number of piperazine rings is 1. The third kappa shape index (κ3) is 4.93. The topological polar surface area (TPSA) is 87.0 Å². The zero-order chi connectivity index (χ0) is 18.5. The Morgan fingerprint density at radius 3 is 2.43 bits per heavy atom. The first-order valence-electron chi connectivity index (χ1n) is 9.65. The van der Waals surface area contributed by atoms with Crippen LogP contribution in [0.15, 0.2) is 46.3 Å². The molecule has 0 radical (unpaired) electrons. The van der Waals surface area contributed by atoms with Crippen molar-refractivity contribution in [1.82, 2.24) is 19.8 Å². The van der Waals surface area contributed by atoms with Crippen LogP contribution in [0.25, 0.3) is 0 Å². The molecule has 9 heteroatoms. The second kappa shape index (κ2) is 10.1. The van der Waals surface area contributed by atoms with E-state index in [1.54, 1.807) is 18.7 Å². The lowest BCUT2D eigenvalue weighted by Crippen LogP contribution is -2.51. The molecular formula is C19H28IN7O. The smallest absolute Gasteiger partial charge is 0.225 e. The van der Waals surface area contributed by atoms with Gasteiger partial charge >= 0.3 is 0 Å². The van der Waals surface area contributed by atoms with Gasteiger partial charge in [0.1, 0.15) is 5.76 Å². The fourth-order valence-corrected chi connectivity index (χ4v) is 3.79. The fraction of sp³-hybridized carbons (Fsp3) is 0.526. The second-order valence-corrected chi connectivity index (χ2v) is 7.00. The normalized spacial score (nSPS) is 19.5. The Kier molecular flexibility index (Phi) is 7.49. The number of halogens is 1. The number of likely N-dealkylation sites (tertiary alicyclic amines) is 1. The van der Waals surface area contributed by atoms with Crippen molar-refractivity contribution in [2.75, 3.05) is 50.7 Å². The van der Waals surface area contributed by atoms with Crippen molar-refractivity contribution in [2.24, 2.45) is 10.7 Å². The van der Waals surface area contributed by atoms with Crippen molar-refractivity contribution >= 4 is 35.9 Å². The first kappa shape index (κ1) is 20.8. The van der Waals surface area contributed by atoms with E-state index in [1.165, 1.54) is 12.8 Å². The van der Waals surface area contributed by atoms with E-state index in [0.717, 1.165) is 51.0 Å². The molecule has 2 saturated heterocycles. The lowest BCUT2D eigenvalue weighted by Gasteiger charge is -2.35. The molecule has 2 N–H and O–H groups in total. The molecule has 2 aromatic rings. The van der Waals surface area contributed by atoms with E-state index in [4.69, 9.17) is 15.1 Å². The quantitative estimate of drug-likeness (QED) is 0.384. The van der Waals surface area contributed by atoms with Crippen LogP contribution >= 0.6 is 24.0 Å². The van der Waals surface area contributed by atoms with E-state index >= 15 is 0 Å². The molecule has 1 atom stereocenters. The third-order valence-electron chi connectivity index (χ3n) is 5.32. The molecule has 1 unspecified atom stereocenters. The van der Waals surface area contributed by atoms with E-state index in [9.17, 15) is 0 Å². The molecule has 152 valence electrons. The molecule has 2 aromatic heterocycles. The van der Waals surface area contributed by atoms with E-state index < -0.39 is 0 Å². The number of guanidine groups is 1. The number of hydrogen-bond acceptors (Lipinski definition) is 6. The number of aliphatic imine (C=N–C) groups is 1. The van der Waals surface area contributed by atoms with E-state index in [0.29, 0.717) is 12.5 Å². The molecule has 2 fully saturated rings. The summed E-state index contributed by atoms with van der Waals surface area (Å²) >= 11 is 0. The fourth-order valence-electron chi connectivity index (χ4n) is 3.79. The van der Waals surface area contributed by atoms with E-state index in [-0.39, 0.29) is 30.0 Å². The zero-order valence-corrected chi connectivity index (χ0v) is 18.3. The van der Waals surface area contributed by atoms with Gasteiger partial charge in [-0.15, -0.1) is 24.0 Å². The molecule has 0 amide bonds. The van der Waals surface area contributed by atoms with Gasteiger partial charge in [-0.05, 0) is 44.1 Å². The average molecular weight is 497 g/mol. The molecule has 2 aliphatic rings. The zero-order valence-electron chi connectivity index (χ0n) is 16.0. The number of hydrogen-bond donors (Lipinski definition) is 1. The molecule has 4 rings (SSSR count). The molecule has 8 nitrogen and oxygen atoms in total. The minimum Gasteiger partial charge on any atom is -0.468 e. The molecule has 0 spiro atoms. The monoisotopic (exact) mass is 497 g/mol. The Morgan fingerprint density at radius 2 is 1.79 bits per heavy atom. The van der Waals surface area contributed by atoms with Crippen LogP contribution < -0.4 is 10.6 Å². The van der Waals surface area contributed by atoms with Crippen LogP contribution in [0.5, 0.6) is 0 Å². The SMILES string of the molecule is I.NC(=NCC(c1ccco1)N1CCCC1)N1CCN(c2ncccn2)CC1. The van der Waals surface area contributed by atoms with Crippen molar-refractivity contribution < 1.29 is 4.42 Å². The summed E-state index contributed by atoms with van der Waals surface area (Å²) in [6, 6.07) is 5.98. The van der Waals surface area contributed by atoms with Gasteiger partial charge < -0.3 is 20.0 Å². The Bertz CT molecular complexity index is 726. The summed E-state index contributed by atoms with van der Waals surface area (Å²) in [4.78, 5) is 20.1. The number of nitrogens with two attached hydrogens (primary N) is 1. The van der Waals surface area contributed by atoms with Crippen LogP contribution in [-0.2, 0) is 0 Å². The Morgan fingerprint density at radius 1 is 1.07 bits per heavy atom. The highest BCUT2D eigenvalue weighted by atomic mass is 127. The van der Waals surface area contributed by atoms with Gasteiger partial charge in [-0.1, -0.05) is 0 Å². The van der Waals surface area contributed by atoms with Crippen LogP contribution in [0.2, 0.25) is 0 Å². The summed E-state index contributed by atoms with van der Waals surface area (Å²) in [5.41, 5.74) is 6.31. The highest BCUT2D eigenvalue weighted by Crippen LogP contribution is 2.25. The third-order valence-corrected chi connectivity index (χ3v) is 5.32. The van der Waals surface area contributed by atoms with Crippen molar-refractivity contribution in [1.29, 1.82) is 0 Å². The maximum atomic E-state index is 6.31. The number of aromatic nitrogens is 2. The standard InChI is InChI=1S/C19H27N7O.HI/c20-18(25-10-12-26(13-11-25)19-21-6-4-7-22-19)23-15-16(17-5-3-14-27-17)24-8-1-2-9-24;/h3-7,14,16H,1-2,8-13,15H2,(H2,20,23);1H. The van der Waals surface area contributed by atoms with Crippen molar-refractivity contribution in [3.05, 3.63) is 42.6 Å². The van der Waals surface area contributed by atoms with Crippen LogP contribution in [0.1, 0.15) is 24.6 Å². The molecule has 0 aromatic carbocycles. The summed E-state index contributed by atoms with van der Waals surface area (Å²) in [5, 5.41) is 0. The maximum Gasteiger partial charge on any atom is 0.225 e. The molecule has 0 bridgehead atoms. The first-order valence-corrected chi connectivity index (χ1v) is 9.65. The van der Waals surface area contributed by atoms with E-state index in [1.807, 2.05) is 18.2 Å². The number of anilines is 1. The lowest BCUT2D eigenvalue weighted by atomic mass is 10.2. The van der Waals surface area contributed by atoms with Crippen LogP contribution in [0.3, 0.4) is 0 Å². The van der Waals surface area contributed by atoms with Gasteiger partial charge in [-0.2, -0.15) is 0 Å². The van der Waals surface area contributed by atoms with Crippen LogP contribution in [0, 0.1) is 0 Å². The summed E-state index contributed by atoms with van der Waals surface area (Å²) in [6.45, 7) is 6.14. The molecule has 2 aliphatic heterocycles. The minimum absolute atomic E-state index is 0. The maximum absolute atomic E-state index is 6.31. The van der Waals surface area contributed by atoms with Gasteiger partial charge in [0.05, 0.1) is 18.8 Å². The van der Waals surface area contributed by atoms with Crippen molar-refractivity contribution in [3.63, 3.8) is 0 Å². The predicted molar refractivity (Wildman–Crippen MR) is 120 cm³/mol. The highest BCUT2D eigenvalue weighted by Gasteiger charge is 2.26. The Balaban J connectivity index is 0.00000225. The van der Waals surface area contributed by atoms with E-state index in [2.05, 4.69) is 24.7 Å². The number of furan rings is 1. The summed E-state index contributed by atoms with van der Waals surface area (Å²) < 4.78 is 5.66. The average Bonchev–Trinajstić information content (AvgIpc) is 3.44. The Labute approximate surface area is 182 Å². The summed E-state index contributed by atoms with van der Waals surface area (Å²) in [6.07, 6.45) is 7.76. The highest BCUT2D eigenvalue weighted by molar-refractivity contribution is 14.0. The van der Waals surface area contributed by atoms with Crippen LogP contribution in [-0.4, -0.2) is 71.5 Å². The van der Waals surface area contributed by atoms with Crippen molar-refractivity contribution in [2.45, 2.75) is 18.9 Å². The largest absolute Gasteiger partial charge is 0.468 e. The molecule has 28 heavy (non-hydrogen) atoms. The predicted octanol–water partition coefficient (Wildman–Crippen LogP) is 1.96. The van der Waals surface area contributed by atoms with Gasteiger partial charge in [0.2, 0.25) is 5.95 Å². The van der Waals surface area contributed by atoms with Crippen molar-refractivity contribution in [3.8, 4) is 0 Å². The van der Waals surface area contributed by atoms with Gasteiger partial charge in [0.25, 0.3) is 0 Å². The number of nitrogens with zero attached hydrogens (tertiary/aromatic N) is 6. The van der Waals surface area contributed by atoms with Gasteiger partial charge in [0.15, 0.2) is 5.96 Å².